The number of nitrogens with zero attached hydrogens (tertiary/aromatic N) is 1. The number of methoxy groups -OCH3 is 1. The molecule has 36 heavy (non-hydrogen) atoms. The van der Waals surface area contributed by atoms with Gasteiger partial charge in [-0.15, -0.1) is 11.8 Å². The van der Waals surface area contributed by atoms with Crippen LogP contribution in [0.1, 0.15) is 31.0 Å². The number of ether oxygens (including phenoxy) is 2. The molecule has 190 valence electrons. The molecule has 2 saturated heterocycles. The van der Waals surface area contributed by atoms with Crippen LogP contribution in [0.4, 0.5) is 4.79 Å². The minimum atomic E-state index is -1.19. The Hall–Kier alpha value is -3.73. The fraction of sp³-hybridized carbons (Fsp3) is 0.360. The Morgan fingerprint density at radius 1 is 1.11 bits per heavy atom. The van der Waals surface area contributed by atoms with E-state index >= 15 is 0 Å². The molecule has 4 atom stereocenters. The number of rotatable bonds is 7. The molecule has 2 aliphatic rings. The molecule has 2 fully saturated rings. The quantitative estimate of drug-likeness (QED) is 0.379. The van der Waals surface area contributed by atoms with E-state index in [1.54, 1.807) is 12.1 Å². The van der Waals surface area contributed by atoms with Gasteiger partial charge in [-0.3, -0.25) is 9.59 Å². The Morgan fingerprint density at radius 2 is 1.78 bits per heavy atom. The molecule has 0 aromatic heterocycles. The van der Waals surface area contributed by atoms with Gasteiger partial charge >= 0.3 is 12.1 Å². The highest BCUT2D eigenvalue weighted by molar-refractivity contribution is 8.01. The van der Waals surface area contributed by atoms with Crippen LogP contribution in [0.2, 0.25) is 0 Å². The van der Waals surface area contributed by atoms with Crippen LogP contribution in [-0.4, -0.2) is 63.2 Å². The maximum Gasteiger partial charge on any atom is 0.408 e. The van der Waals surface area contributed by atoms with Crippen molar-refractivity contribution in [2.45, 2.75) is 48.7 Å². The molecule has 2 aromatic carbocycles. The molecular formula is C25H27N3O7S. The second-order valence-electron chi connectivity index (χ2n) is 9.00. The summed E-state index contributed by atoms with van der Waals surface area (Å²) in [5.74, 6) is -1.56. The minimum Gasteiger partial charge on any atom is -0.508 e. The maximum atomic E-state index is 13.3. The molecule has 0 spiro atoms. The number of fused-ring (bicyclic) bond motifs is 1. The Kier molecular flexibility index (Phi) is 7.11. The van der Waals surface area contributed by atoms with Gasteiger partial charge in [-0.1, -0.05) is 42.5 Å². The van der Waals surface area contributed by atoms with E-state index in [-0.39, 0.29) is 12.4 Å². The molecule has 0 bridgehead atoms. The number of amides is 3. The van der Waals surface area contributed by atoms with Crippen molar-refractivity contribution in [2.75, 3.05) is 7.11 Å². The van der Waals surface area contributed by atoms with E-state index in [2.05, 4.69) is 10.6 Å². The second kappa shape index (κ2) is 10.1. The fourth-order valence-corrected chi connectivity index (χ4v) is 5.95. The van der Waals surface area contributed by atoms with Gasteiger partial charge < -0.3 is 30.1 Å². The highest BCUT2D eigenvalue weighted by atomic mass is 32.2. The van der Waals surface area contributed by atoms with Gasteiger partial charge in [-0.2, -0.15) is 0 Å². The molecular weight excluding hydrogens is 486 g/mol. The fourth-order valence-electron chi connectivity index (χ4n) is 4.32. The summed E-state index contributed by atoms with van der Waals surface area (Å²) in [4.78, 5) is 52.5. The minimum absolute atomic E-state index is 0.00665. The lowest BCUT2D eigenvalue weighted by molar-refractivity contribution is -0.162. The predicted octanol–water partition coefficient (Wildman–Crippen LogP) is 2.08. The van der Waals surface area contributed by atoms with E-state index in [1.165, 1.54) is 48.0 Å². The van der Waals surface area contributed by atoms with E-state index in [9.17, 15) is 24.3 Å². The molecule has 3 amide bonds. The smallest absolute Gasteiger partial charge is 0.408 e. The normalized spacial score (nSPS) is 22.6. The van der Waals surface area contributed by atoms with Crippen LogP contribution in [0.15, 0.2) is 54.6 Å². The largest absolute Gasteiger partial charge is 0.508 e. The number of nitrogens with one attached hydrogen (secondary N) is 2. The molecule has 0 saturated carbocycles. The third kappa shape index (κ3) is 4.97. The third-order valence-electron chi connectivity index (χ3n) is 6.13. The predicted molar refractivity (Wildman–Crippen MR) is 131 cm³/mol. The lowest BCUT2D eigenvalue weighted by Gasteiger charge is -2.44. The van der Waals surface area contributed by atoms with E-state index in [4.69, 9.17) is 9.47 Å². The van der Waals surface area contributed by atoms with Crippen LogP contribution in [0, 0.1) is 0 Å². The van der Waals surface area contributed by atoms with Crippen LogP contribution in [0.5, 0.6) is 5.75 Å². The molecule has 3 N–H and O–H groups in total. The van der Waals surface area contributed by atoms with Crippen LogP contribution in [0.25, 0.3) is 0 Å². The zero-order valence-corrected chi connectivity index (χ0v) is 20.8. The van der Waals surface area contributed by atoms with Crippen molar-refractivity contribution in [1.82, 2.24) is 15.5 Å². The number of hydrogen-bond acceptors (Lipinski definition) is 8. The molecule has 0 radical (unpaired) electrons. The lowest BCUT2D eigenvalue weighted by atomic mass is 9.95. The van der Waals surface area contributed by atoms with Crippen molar-refractivity contribution in [3.8, 4) is 5.75 Å². The SMILES string of the molecule is COC(=O)[C@@H]1N2C(=O)[C@@H](NC(=O)[C@H](NC(=O)OCc3ccccc3)c3ccc(O)cc3)[C@H]2SC1(C)C. The van der Waals surface area contributed by atoms with Gasteiger partial charge in [-0.25, -0.2) is 9.59 Å². The Labute approximate surface area is 212 Å². The summed E-state index contributed by atoms with van der Waals surface area (Å²) in [5, 5.41) is 14.4. The number of carbonyl (C=O) groups excluding carboxylic acids is 4. The standard InChI is InChI=1S/C25H27N3O7S/c1-25(2)19(23(32)34-3)28-21(31)18(22(28)36-25)26-20(30)17(15-9-11-16(29)12-10-15)27-24(33)35-13-14-7-5-4-6-8-14/h4-12,17-19,22,29H,13H2,1-3H3,(H,26,30)(H,27,33)/t17-,18-,19+,22-/m1/s1. The summed E-state index contributed by atoms with van der Waals surface area (Å²) in [5.41, 5.74) is 1.16. The van der Waals surface area contributed by atoms with Crippen molar-refractivity contribution in [3.05, 3.63) is 65.7 Å². The van der Waals surface area contributed by atoms with Gasteiger partial charge in [0.25, 0.3) is 0 Å². The van der Waals surface area contributed by atoms with Gasteiger partial charge in [0.15, 0.2) is 0 Å². The first-order valence-corrected chi connectivity index (χ1v) is 12.1. The van der Waals surface area contributed by atoms with E-state index < -0.39 is 52.1 Å². The molecule has 2 aromatic rings. The molecule has 10 nitrogen and oxygen atoms in total. The van der Waals surface area contributed by atoms with Gasteiger partial charge in [0.05, 0.1) is 7.11 Å². The Bertz CT molecular complexity index is 1160. The van der Waals surface area contributed by atoms with Crippen molar-refractivity contribution < 1.29 is 33.8 Å². The molecule has 0 aliphatic carbocycles. The van der Waals surface area contributed by atoms with Crippen LogP contribution in [-0.2, 0) is 30.5 Å². The number of β-lactam (4-membered cyclic amide) rings is 1. The molecule has 4 rings (SSSR count). The Balaban J connectivity index is 1.47. The maximum absolute atomic E-state index is 13.3. The van der Waals surface area contributed by atoms with E-state index in [0.29, 0.717) is 5.56 Å². The van der Waals surface area contributed by atoms with Crippen molar-refractivity contribution in [2.24, 2.45) is 0 Å². The zero-order chi connectivity index (χ0) is 26.0. The second-order valence-corrected chi connectivity index (χ2v) is 10.8. The number of phenolic OH excluding ortho intramolecular Hbond substituents is 1. The first-order valence-electron chi connectivity index (χ1n) is 11.3. The van der Waals surface area contributed by atoms with Gasteiger partial charge in [0, 0.05) is 4.75 Å². The van der Waals surface area contributed by atoms with Crippen molar-refractivity contribution >= 4 is 35.6 Å². The highest BCUT2D eigenvalue weighted by Gasteiger charge is 2.64. The number of aromatic hydroxyl groups is 1. The monoisotopic (exact) mass is 513 g/mol. The van der Waals surface area contributed by atoms with Gasteiger partial charge in [0.1, 0.15) is 35.9 Å². The summed E-state index contributed by atoms with van der Waals surface area (Å²) >= 11 is 1.40. The first-order chi connectivity index (χ1) is 17.1. The first kappa shape index (κ1) is 25.4. The van der Waals surface area contributed by atoms with Gasteiger partial charge in [0.2, 0.25) is 11.8 Å². The molecule has 2 heterocycles. The highest BCUT2D eigenvalue weighted by Crippen LogP contribution is 2.51. The summed E-state index contributed by atoms with van der Waals surface area (Å²) in [6.07, 6.45) is -0.823. The zero-order valence-electron chi connectivity index (χ0n) is 20.0. The number of hydrogen-bond donors (Lipinski definition) is 3. The third-order valence-corrected chi connectivity index (χ3v) is 7.70. The number of esters is 1. The summed E-state index contributed by atoms with van der Waals surface area (Å²) in [6.45, 7) is 3.69. The topological polar surface area (TPSA) is 134 Å². The van der Waals surface area contributed by atoms with Crippen LogP contribution < -0.4 is 10.6 Å². The lowest BCUT2D eigenvalue weighted by Crippen LogP contribution is -2.71. The van der Waals surface area contributed by atoms with Gasteiger partial charge in [-0.05, 0) is 37.1 Å². The summed E-state index contributed by atoms with van der Waals surface area (Å²) in [6, 6.07) is 12.0. The summed E-state index contributed by atoms with van der Waals surface area (Å²) < 4.78 is 9.53. The number of benzene rings is 2. The average Bonchev–Trinajstić information content (AvgIpc) is 3.12. The summed E-state index contributed by atoms with van der Waals surface area (Å²) in [7, 11) is 1.27. The van der Waals surface area contributed by atoms with Crippen LogP contribution >= 0.6 is 11.8 Å². The molecule has 0 unspecified atom stereocenters. The number of thioether (sulfide) groups is 1. The molecule has 11 heteroatoms. The number of carbonyl (C=O) groups is 4. The molecule has 2 aliphatic heterocycles. The number of phenols is 1. The van der Waals surface area contributed by atoms with Crippen molar-refractivity contribution in [3.63, 3.8) is 0 Å². The van der Waals surface area contributed by atoms with E-state index in [0.717, 1.165) is 5.56 Å². The Morgan fingerprint density at radius 3 is 2.42 bits per heavy atom. The average molecular weight is 514 g/mol. The number of alkyl carbamates (subject to hydrolysis) is 1. The van der Waals surface area contributed by atoms with Crippen LogP contribution in [0.3, 0.4) is 0 Å². The van der Waals surface area contributed by atoms with E-state index in [1.807, 2.05) is 32.0 Å². The van der Waals surface area contributed by atoms with Crippen molar-refractivity contribution in [1.29, 1.82) is 0 Å².